The van der Waals surface area contributed by atoms with E-state index < -0.39 is 0 Å². The Balaban J connectivity index is 1.49. The Morgan fingerprint density at radius 3 is 2.00 bits per heavy atom. The minimum absolute atomic E-state index is 0.199. The quantitative estimate of drug-likeness (QED) is 0.377. The Hall–Kier alpha value is -4.25. The van der Waals surface area contributed by atoms with Gasteiger partial charge in [0.05, 0.1) is 12.2 Å². The van der Waals surface area contributed by atoms with Crippen molar-refractivity contribution in [3.05, 3.63) is 136 Å². The smallest absolute Gasteiger partial charge is 0.257 e. The van der Waals surface area contributed by atoms with E-state index in [9.17, 15) is 4.79 Å². The van der Waals surface area contributed by atoms with Gasteiger partial charge in [0.15, 0.2) is 5.65 Å². The maximum absolute atomic E-state index is 13.5. The average Bonchev–Trinajstić information content (AvgIpc) is 3.30. The van der Waals surface area contributed by atoms with E-state index in [-0.39, 0.29) is 11.9 Å². The molecule has 2 heterocycles. The number of benzene rings is 3. The van der Waals surface area contributed by atoms with Gasteiger partial charge in [0.1, 0.15) is 5.56 Å². The van der Waals surface area contributed by atoms with Gasteiger partial charge in [-0.15, -0.1) is 0 Å². The topological polar surface area (TPSA) is 59.3 Å². The molecule has 0 unspecified atom stereocenters. The number of aryl methyl sites for hydroxylation is 2. The fourth-order valence-corrected chi connectivity index (χ4v) is 4.39. The van der Waals surface area contributed by atoms with Crippen molar-refractivity contribution >= 4 is 11.6 Å². The van der Waals surface area contributed by atoms with Crippen molar-refractivity contribution in [1.82, 2.24) is 19.9 Å². The first-order valence-corrected chi connectivity index (χ1v) is 11.4. The van der Waals surface area contributed by atoms with Crippen molar-refractivity contribution in [2.75, 3.05) is 0 Å². The summed E-state index contributed by atoms with van der Waals surface area (Å²) in [6, 6.07) is 30.0. The van der Waals surface area contributed by atoms with Crippen LogP contribution >= 0.6 is 0 Å². The van der Waals surface area contributed by atoms with E-state index in [4.69, 9.17) is 4.98 Å². The van der Waals surface area contributed by atoms with Crippen molar-refractivity contribution in [3.63, 3.8) is 0 Å². The molecule has 3 aromatic carbocycles. The van der Waals surface area contributed by atoms with Gasteiger partial charge in [-0.25, -0.2) is 9.50 Å². The Kier molecular flexibility index (Phi) is 5.91. The normalized spacial score (nSPS) is 11.1. The van der Waals surface area contributed by atoms with Crippen LogP contribution in [0.1, 0.15) is 50.0 Å². The second-order valence-corrected chi connectivity index (χ2v) is 8.45. The first-order valence-electron chi connectivity index (χ1n) is 11.4. The lowest BCUT2D eigenvalue weighted by molar-refractivity contribution is 0.0944. The van der Waals surface area contributed by atoms with Crippen molar-refractivity contribution in [1.29, 1.82) is 0 Å². The molecule has 168 valence electrons. The predicted molar refractivity (Wildman–Crippen MR) is 134 cm³/mol. The van der Waals surface area contributed by atoms with Crippen LogP contribution in [0.3, 0.4) is 0 Å². The van der Waals surface area contributed by atoms with Crippen LogP contribution in [0.25, 0.3) is 5.65 Å². The second-order valence-electron chi connectivity index (χ2n) is 8.45. The zero-order valence-electron chi connectivity index (χ0n) is 19.3. The van der Waals surface area contributed by atoms with E-state index in [2.05, 4.69) is 22.5 Å². The highest BCUT2D eigenvalue weighted by Crippen LogP contribution is 2.24. The first-order chi connectivity index (χ1) is 16.6. The number of rotatable bonds is 6. The van der Waals surface area contributed by atoms with Gasteiger partial charge in [0, 0.05) is 17.8 Å². The zero-order chi connectivity index (χ0) is 23.5. The molecule has 5 heteroatoms. The average molecular weight is 447 g/mol. The lowest BCUT2D eigenvalue weighted by Gasteiger charge is -2.19. The highest BCUT2D eigenvalue weighted by atomic mass is 16.1. The number of nitrogens with one attached hydrogen (secondary N) is 1. The third-order valence-electron chi connectivity index (χ3n) is 6.22. The molecule has 0 saturated heterocycles. The fourth-order valence-electron chi connectivity index (χ4n) is 4.39. The summed E-state index contributed by atoms with van der Waals surface area (Å²) in [6.45, 7) is 4.03. The van der Waals surface area contributed by atoms with Crippen LogP contribution in [0.5, 0.6) is 0 Å². The Morgan fingerprint density at radius 1 is 0.853 bits per heavy atom. The number of carbonyl (C=O) groups is 1. The van der Waals surface area contributed by atoms with E-state index in [0.717, 1.165) is 34.5 Å². The fraction of sp³-hybridized carbons (Fsp3) is 0.138. The van der Waals surface area contributed by atoms with Gasteiger partial charge in [0.25, 0.3) is 5.91 Å². The summed E-state index contributed by atoms with van der Waals surface area (Å²) in [4.78, 5) is 18.3. The van der Waals surface area contributed by atoms with Crippen LogP contribution < -0.4 is 5.32 Å². The van der Waals surface area contributed by atoms with Crippen LogP contribution in [0.15, 0.2) is 97.2 Å². The highest BCUT2D eigenvalue weighted by Gasteiger charge is 2.22. The molecule has 34 heavy (non-hydrogen) atoms. The highest BCUT2D eigenvalue weighted by molar-refractivity contribution is 6.00. The third-order valence-corrected chi connectivity index (χ3v) is 6.22. The summed E-state index contributed by atoms with van der Waals surface area (Å²) in [5.41, 5.74) is 7.32. The maximum atomic E-state index is 13.5. The zero-order valence-corrected chi connectivity index (χ0v) is 19.3. The van der Waals surface area contributed by atoms with Gasteiger partial charge in [0.2, 0.25) is 0 Å². The third kappa shape index (κ3) is 4.20. The molecule has 0 bridgehead atoms. The number of hydrogen-bond acceptors (Lipinski definition) is 3. The number of hydrogen-bond donors (Lipinski definition) is 1. The van der Waals surface area contributed by atoms with Crippen molar-refractivity contribution in [2.24, 2.45) is 0 Å². The largest absolute Gasteiger partial charge is 0.341 e. The maximum Gasteiger partial charge on any atom is 0.257 e. The number of nitrogens with zero attached hydrogens (tertiary/aromatic N) is 3. The standard InChI is InChI=1S/C29H26N4O/c1-20-25(18-22-12-6-3-7-13-22)21(2)33-28(31-20)26(19-30-33)29(34)32-27(23-14-8-4-9-15-23)24-16-10-5-11-17-24/h3-17,19,27H,18H2,1-2H3,(H,32,34). The van der Waals surface area contributed by atoms with Crippen LogP contribution in [0.2, 0.25) is 0 Å². The van der Waals surface area contributed by atoms with Crippen molar-refractivity contribution in [3.8, 4) is 0 Å². The molecular formula is C29H26N4O. The predicted octanol–water partition coefficient (Wildman–Crippen LogP) is 5.46. The molecule has 0 aliphatic heterocycles. The van der Waals surface area contributed by atoms with Crippen LogP contribution in [0.4, 0.5) is 0 Å². The minimum atomic E-state index is -0.274. The molecule has 0 fully saturated rings. The monoisotopic (exact) mass is 446 g/mol. The minimum Gasteiger partial charge on any atom is -0.341 e. The molecule has 0 aliphatic carbocycles. The summed E-state index contributed by atoms with van der Waals surface area (Å²) in [5.74, 6) is -0.199. The molecule has 5 aromatic rings. The van der Waals surface area contributed by atoms with Gasteiger partial charge >= 0.3 is 0 Å². The van der Waals surface area contributed by atoms with Gasteiger partial charge in [-0.05, 0) is 36.1 Å². The molecule has 1 amide bonds. The Morgan fingerprint density at radius 2 is 1.41 bits per heavy atom. The summed E-state index contributed by atoms with van der Waals surface area (Å²) in [7, 11) is 0. The molecule has 1 N–H and O–H groups in total. The van der Waals surface area contributed by atoms with Crippen molar-refractivity contribution in [2.45, 2.75) is 26.3 Å². The molecule has 5 rings (SSSR count). The summed E-state index contributed by atoms with van der Waals surface area (Å²) in [5, 5.41) is 7.73. The number of carbonyl (C=O) groups excluding carboxylic acids is 1. The van der Waals surface area contributed by atoms with Crippen LogP contribution in [0, 0.1) is 13.8 Å². The van der Waals surface area contributed by atoms with Gasteiger partial charge in [-0.3, -0.25) is 4.79 Å². The molecule has 2 aromatic heterocycles. The molecule has 0 saturated carbocycles. The summed E-state index contributed by atoms with van der Waals surface area (Å²) in [6.07, 6.45) is 2.39. The van der Waals surface area contributed by atoms with E-state index in [0.29, 0.717) is 11.2 Å². The SMILES string of the molecule is Cc1nc2c(C(=O)NC(c3ccccc3)c3ccccc3)cnn2c(C)c1Cc1ccccc1. The van der Waals surface area contributed by atoms with Gasteiger partial charge < -0.3 is 5.32 Å². The van der Waals surface area contributed by atoms with E-state index in [1.54, 1.807) is 10.7 Å². The Bertz CT molecular complexity index is 1390. The summed E-state index contributed by atoms with van der Waals surface area (Å²) < 4.78 is 1.78. The molecule has 0 aliphatic rings. The first kappa shape index (κ1) is 21.6. The molecule has 0 radical (unpaired) electrons. The Labute approximate surface area is 199 Å². The number of aromatic nitrogens is 3. The van der Waals surface area contributed by atoms with E-state index in [1.165, 1.54) is 5.56 Å². The van der Waals surface area contributed by atoms with E-state index in [1.807, 2.05) is 92.7 Å². The molecule has 0 spiro atoms. The van der Waals surface area contributed by atoms with E-state index >= 15 is 0 Å². The van der Waals surface area contributed by atoms with Gasteiger partial charge in [-0.2, -0.15) is 5.10 Å². The number of amides is 1. The molecular weight excluding hydrogens is 420 g/mol. The number of fused-ring (bicyclic) bond motifs is 1. The second kappa shape index (κ2) is 9.32. The lowest BCUT2D eigenvalue weighted by atomic mass is 9.98. The van der Waals surface area contributed by atoms with Crippen LogP contribution in [-0.2, 0) is 6.42 Å². The van der Waals surface area contributed by atoms with Gasteiger partial charge in [-0.1, -0.05) is 91.0 Å². The molecule has 0 atom stereocenters. The van der Waals surface area contributed by atoms with Crippen LogP contribution in [-0.4, -0.2) is 20.5 Å². The van der Waals surface area contributed by atoms with Crippen molar-refractivity contribution < 1.29 is 4.79 Å². The summed E-state index contributed by atoms with van der Waals surface area (Å²) >= 11 is 0. The molecule has 5 nitrogen and oxygen atoms in total. The lowest BCUT2D eigenvalue weighted by Crippen LogP contribution is -2.29.